The van der Waals surface area contributed by atoms with Crippen molar-refractivity contribution in [3.63, 3.8) is 0 Å². The molecule has 0 unspecified atom stereocenters. The van der Waals surface area contributed by atoms with Crippen LogP contribution in [0.3, 0.4) is 0 Å². The van der Waals surface area contributed by atoms with Gasteiger partial charge in [0.15, 0.2) is 29.3 Å². The normalized spacial score (nSPS) is 22.3. The van der Waals surface area contributed by atoms with Crippen molar-refractivity contribution in [1.29, 1.82) is 0 Å². The topological polar surface area (TPSA) is 170 Å². The first-order valence-corrected chi connectivity index (χ1v) is 15.3. The first-order valence-electron chi connectivity index (χ1n) is 15.3. The number of hydrogen-bond acceptors (Lipinski definition) is 12. The van der Waals surface area contributed by atoms with Crippen LogP contribution in [-0.2, 0) is 16.0 Å². The number of aryl methyl sites for hydroxylation is 1. The fraction of sp³-hybridized carbons (Fsp3) is 0.419. The number of benzene rings is 2. The van der Waals surface area contributed by atoms with E-state index >= 15 is 0 Å². The van der Waals surface area contributed by atoms with Gasteiger partial charge in [0.1, 0.15) is 12.2 Å². The Bertz CT molecular complexity index is 1670. The second-order valence-electron chi connectivity index (χ2n) is 11.3. The van der Waals surface area contributed by atoms with Crippen LogP contribution in [0, 0.1) is 0 Å². The second-order valence-corrected chi connectivity index (χ2v) is 11.3. The van der Waals surface area contributed by atoms with E-state index in [1.807, 2.05) is 43.3 Å². The van der Waals surface area contributed by atoms with E-state index in [1.54, 1.807) is 10.9 Å². The van der Waals surface area contributed by atoms with Crippen LogP contribution < -0.4 is 10.6 Å². The highest BCUT2D eigenvalue weighted by Gasteiger charge is 2.47. The number of nitrogens with zero attached hydrogens (tertiary/aromatic N) is 8. The molecule has 0 radical (unpaired) electrons. The number of aliphatic hydroxyl groups excluding tert-OH is 2. The number of aliphatic hydroxyl groups is 2. The summed E-state index contributed by atoms with van der Waals surface area (Å²) in [6.45, 7) is 4.27. The molecule has 2 aliphatic heterocycles. The van der Waals surface area contributed by atoms with Crippen LogP contribution in [-0.4, -0.2) is 87.9 Å². The summed E-state index contributed by atoms with van der Waals surface area (Å²) in [5.74, 6) is 1.21. The highest BCUT2D eigenvalue weighted by molar-refractivity contribution is 5.84. The number of ether oxygens (including phenoxy) is 2. The van der Waals surface area contributed by atoms with E-state index in [0.29, 0.717) is 49.2 Å². The summed E-state index contributed by atoms with van der Waals surface area (Å²) < 4.78 is 13.3. The van der Waals surface area contributed by atoms with Gasteiger partial charge in [0.05, 0.1) is 12.9 Å². The number of anilines is 2. The highest BCUT2D eigenvalue weighted by atomic mass is 16.6. The lowest BCUT2D eigenvalue weighted by molar-refractivity contribution is -0.0384. The van der Waals surface area contributed by atoms with Gasteiger partial charge >= 0.3 is 0 Å². The van der Waals surface area contributed by atoms with Gasteiger partial charge in [-0.3, -0.25) is 4.57 Å². The second kappa shape index (κ2) is 12.9. The lowest BCUT2D eigenvalue weighted by Gasteiger charge is -2.24. The van der Waals surface area contributed by atoms with Crippen LogP contribution in [0.1, 0.15) is 55.0 Å². The Balaban J connectivity index is 1.23. The SMILES string of the molecule is CCn1nnc([C@H]2O[C@@H](n3cnc4c(NCC(c5ccccc5)c5ccccc5)nc(NC5CCOCC5)nc43)[C@H](O)[C@@H]2O)n1. The van der Waals surface area contributed by atoms with Crippen LogP contribution in [0.2, 0.25) is 0 Å². The Morgan fingerprint density at radius 3 is 2.33 bits per heavy atom. The van der Waals surface area contributed by atoms with Crippen molar-refractivity contribution < 1.29 is 19.7 Å². The molecule has 14 nitrogen and oxygen atoms in total. The predicted molar refractivity (Wildman–Crippen MR) is 164 cm³/mol. The molecule has 0 aliphatic carbocycles. The van der Waals surface area contributed by atoms with Crippen molar-refractivity contribution >= 4 is 22.9 Å². The molecule has 3 aromatic heterocycles. The van der Waals surface area contributed by atoms with Gasteiger partial charge in [0.25, 0.3) is 0 Å². The highest BCUT2D eigenvalue weighted by Crippen LogP contribution is 2.39. The summed E-state index contributed by atoms with van der Waals surface area (Å²) in [5.41, 5.74) is 3.30. The van der Waals surface area contributed by atoms with Gasteiger partial charge in [0.2, 0.25) is 11.8 Å². The smallest absolute Gasteiger partial charge is 0.227 e. The van der Waals surface area contributed by atoms with Gasteiger partial charge < -0.3 is 30.3 Å². The zero-order valence-corrected chi connectivity index (χ0v) is 24.8. The summed E-state index contributed by atoms with van der Waals surface area (Å²) >= 11 is 0. The Labute approximate surface area is 259 Å². The molecule has 2 fully saturated rings. The van der Waals surface area contributed by atoms with Crippen LogP contribution in [0.25, 0.3) is 11.2 Å². The minimum atomic E-state index is -1.29. The summed E-state index contributed by atoms with van der Waals surface area (Å²) in [7, 11) is 0. The maximum atomic E-state index is 11.1. The van der Waals surface area contributed by atoms with Gasteiger partial charge in [-0.1, -0.05) is 60.7 Å². The largest absolute Gasteiger partial charge is 0.387 e. The number of imidazole rings is 1. The molecule has 4 N–H and O–H groups in total. The van der Waals surface area contributed by atoms with E-state index < -0.39 is 24.5 Å². The molecule has 0 amide bonds. The Morgan fingerprint density at radius 1 is 0.956 bits per heavy atom. The molecule has 2 saturated heterocycles. The van der Waals surface area contributed by atoms with Crippen molar-refractivity contribution in [3.05, 3.63) is 83.9 Å². The minimum Gasteiger partial charge on any atom is -0.387 e. The molecular formula is C31H36N10O4. The molecule has 0 bridgehead atoms. The minimum absolute atomic E-state index is 0.0475. The molecule has 234 valence electrons. The van der Waals surface area contributed by atoms with Crippen molar-refractivity contribution in [2.75, 3.05) is 30.4 Å². The molecule has 2 aliphatic rings. The van der Waals surface area contributed by atoms with Crippen LogP contribution in [0.5, 0.6) is 0 Å². The Morgan fingerprint density at radius 2 is 1.67 bits per heavy atom. The summed E-state index contributed by atoms with van der Waals surface area (Å²) in [5, 5.41) is 41.3. The van der Waals surface area contributed by atoms with Crippen LogP contribution in [0.4, 0.5) is 11.8 Å². The van der Waals surface area contributed by atoms with E-state index in [1.165, 1.54) is 15.9 Å². The quantitative estimate of drug-likeness (QED) is 0.182. The van der Waals surface area contributed by atoms with Crippen LogP contribution >= 0.6 is 0 Å². The monoisotopic (exact) mass is 612 g/mol. The summed E-state index contributed by atoms with van der Waals surface area (Å²) in [6, 6.07) is 20.8. The van der Waals surface area contributed by atoms with Gasteiger partial charge in [-0.15, -0.1) is 10.2 Å². The third kappa shape index (κ3) is 5.96. The molecule has 14 heteroatoms. The molecule has 5 heterocycles. The third-order valence-electron chi connectivity index (χ3n) is 8.37. The van der Waals surface area contributed by atoms with E-state index in [0.717, 1.165) is 12.8 Å². The Hall–Kier alpha value is -4.50. The molecule has 7 rings (SSSR count). The lowest BCUT2D eigenvalue weighted by Crippen LogP contribution is -2.30. The summed E-state index contributed by atoms with van der Waals surface area (Å²) in [4.78, 5) is 15.8. The van der Waals surface area contributed by atoms with Crippen molar-refractivity contribution in [2.24, 2.45) is 0 Å². The molecule has 4 atom stereocenters. The molecule has 2 aromatic carbocycles. The number of fused-ring (bicyclic) bond motifs is 1. The first-order chi connectivity index (χ1) is 22.1. The zero-order chi connectivity index (χ0) is 30.8. The van der Waals surface area contributed by atoms with Crippen molar-refractivity contribution in [2.45, 2.75) is 62.8 Å². The molecule has 0 spiro atoms. The molecule has 0 saturated carbocycles. The lowest BCUT2D eigenvalue weighted by atomic mass is 9.91. The standard InChI is InChI=1S/C31H36N10O4/c1-2-41-38-28(37-39-41)26-24(42)25(43)30(45-26)40-18-33-23-27(35-31(36-29(23)40)34-21-13-15-44-16-14-21)32-17-22(19-9-5-3-6-10-19)20-11-7-4-8-12-20/h3-12,18,21-22,24-26,30,42-43H,2,13-17H2,1H3,(H2,32,34,35,36)/t24-,25+,26-,30+/m0/s1. The van der Waals surface area contributed by atoms with Crippen molar-refractivity contribution in [1.82, 2.24) is 39.7 Å². The van der Waals surface area contributed by atoms with Gasteiger partial charge in [-0.25, -0.2) is 4.98 Å². The zero-order valence-electron chi connectivity index (χ0n) is 24.8. The maximum Gasteiger partial charge on any atom is 0.227 e. The van der Waals surface area contributed by atoms with E-state index in [-0.39, 0.29) is 17.8 Å². The van der Waals surface area contributed by atoms with Crippen LogP contribution in [0.15, 0.2) is 67.0 Å². The third-order valence-corrected chi connectivity index (χ3v) is 8.37. The van der Waals surface area contributed by atoms with Gasteiger partial charge in [-0.2, -0.15) is 14.8 Å². The Kier molecular flexibility index (Phi) is 8.35. The average molecular weight is 613 g/mol. The average Bonchev–Trinajstić information content (AvgIpc) is 3.80. The fourth-order valence-electron chi connectivity index (χ4n) is 5.92. The number of rotatable bonds is 10. The van der Waals surface area contributed by atoms with Crippen molar-refractivity contribution in [3.8, 4) is 0 Å². The van der Waals surface area contributed by atoms with Gasteiger partial charge in [-0.05, 0) is 36.1 Å². The number of aromatic nitrogens is 8. The van der Waals surface area contributed by atoms with E-state index in [9.17, 15) is 10.2 Å². The van der Waals surface area contributed by atoms with Gasteiger partial charge in [0, 0.05) is 31.7 Å². The number of tetrazole rings is 1. The summed E-state index contributed by atoms with van der Waals surface area (Å²) in [6.07, 6.45) is -1.33. The molecule has 45 heavy (non-hydrogen) atoms. The van der Waals surface area contributed by atoms with E-state index in [2.05, 4.69) is 55.3 Å². The predicted octanol–water partition coefficient (Wildman–Crippen LogP) is 2.66. The first kappa shape index (κ1) is 29.2. The number of hydrogen-bond donors (Lipinski definition) is 4. The molecule has 5 aromatic rings. The molecular weight excluding hydrogens is 576 g/mol. The number of nitrogens with one attached hydrogen (secondary N) is 2. The van der Waals surface area contributed by atoms with E-state index in [4.69, 9.17) is 19.4 Å². The maximum absolute atomic E-state index is 11.1. The fourth-order valence-corrected chi connectivity index (χ4v) is 5.92.